The molecule has 0 spiro atoms. The van der Waals surface area contributed by atoms with Crippen LogP contribution in [0.3, 0.4) is 0 Å². The predicted molar refractivity (Wildman–Crippen MR) is 96.4 cm³/mol. The second-order valence-electron chi connectivity index (χ2n) is 6.00. The number of carbonyl (C=O) groups excluding carboxylic acids is 1. The summed E-state index contributed by atoms with van der Waals surface area (Å²) < 4.78 is 28.0. The summed E-state index contributed by atoms with van der Waals surface area (Å²) in [6, 6.07) is 6.54. The van der Waals surface area contributed by atoms with Crippen LogP contribution in [-0.4, -0.2) is 61.3 Å². The lowest BCUT2D eigenvalue weighted by Gasteiger charge is -2.24. The number of esters is 1. The zero-order chi connectivity index (χ0) is 18.7. The lowest BCUT2D eigenvalue weighted by molar-refractivity contribution is 0.0600. The van der Waals surface area contributed by atoms with E-state index in [9.17, 15) is 13.2 Å². The molecule has 1 aromatic carbocycles. The van der Waals surface area contributed by atoms with Gasteiger partial charge in [-0.3, -0.25) is 0 Å². The molecule has 1 saturated heterocycles. The van der Waals surface area contributed by atoms with Crippen molar-refractivity contribution in [2.45, 2.75) is 12.5 Å². The normalized spacial score (nSPS) is 18.3. The van der Waals surface area contributed by atoms with Crippen molar-refractivity contribution in [3.05, 3.63) is 36.0 Å². The van der Waals surface area contributed by atoms with Gasteiger partial charge in [0.25, 0.3) is 0 Å². The minimum absolute atomic E-state index is 0.116. The number of sulfone groups is 1. The van der Waals surface area contributed by atoms with Crippen LogP contribution in [0, 0.1) is 0 Å². The summed E-state index contributed by atoms with van der Waals surface area (Å²) in [5, 5.41) is 10.9. The molecule has 0 bridgehead atoms. The number of aromatic nitrogens is 3. The standard InChI is InChI=1S/C16H19N5O4S/c1-21(13-7-8-26(23,24)10-13)14-9-17-20-16(19-14)18-12-5-3-11(4-6-12)15(22)25-2/h3-6,9,13H,7-8,10H2,1-2H3,(H,18,19,20). The molecular formula is C16H19N5O4S. The fourth-order valence-corrected chi connectivity index (χ4v) is 4.50. The summed E-state index contributed by atoms with van der Waals surface area (Å²) in [6.07, 6.45) is 2.07. The minimum Gasteiger partial charge on any atom is -0.465 e. The van der Waals surface area contributed by atoms with Gasteiger partial charge in [0.15, 0.2) is 15.7 Å². The van der Waals surface area contributed by atoms with E-state index < -0.39 is 15.8 Å². The molecule has 0 aliphatic carbocycles. The first-order valence-electron chi connectivity index (χ1n) is 7.96. The van der Waals surface area contributed by atoms with E-state index in [1.165, 1.54) is 13.3 Å². The molecule has 0 radical (unpaired) electrons. The van der Waals surface area contributed by atoms with Crippen molar-refractivity contribution in [1.82, 2.24) is 15.2 Å². The van der Waals surface area contributed by atoms with Crippen LogP contribution in [0.5, 0.6) is 0 Å². The van der Waals surface area contributed by atoms with Gasteiger partial charge in [-0.15, -0.1) is 5.10 Å². The van der Waals surface area contributed by atoms with Crippen LogP contribution in [0.15, 0.2) is 30.5 Å². The number of anilines is 3. The number of hydrogen-bond donors (Lipinski definition) is 1. The van der Waals surface area contributed by atoms with E-state index in [0.29, 0.717) is 23.5 Å². The first-order valence-corrected chi connectivity index (χ1v) is 9.78. The Morgan fingerprint density at radius 3 is 2.65 bits per heavy atom. The first kappa shape index (κ1) is 18.1. The zero-order valence-electron chi connectivity index (χ0n) is 14.4. The van der Waals surface area contributed by atoms with Crippen LogP contribution in [0.25, 0.3) is 0 Å². The molecular weight excluding hydrogens is 358 g/mol. The highest BCUT2D eigenvalue weighted by atomic mass is 32.2. The first-order chi connectivity index (χ1) is 12.4. The Kier molecular flexibility index (Phi) is 5.03. The molecule has 1 N–H and O–H groups in total. The summed E-state index contributed by atoms with van der Waals surface area (Å²) in [7, 11) is 0.142. The maximum absolute atomic E-state index is 11.7. The van der Waals surface area contributed by atoms with E-state index in [2.05, 4.69) is 25.2 Å². The highest BCUT2D eigenvalue weighted by molar-refractivity contribution is 7.91. The molecule has 1 unspecified atom stereocenters. The van der Waals surface area contributed by atoms with Gasteiger partial charge >= 0.3 is 5.97 Å². The van der Waals surface area contributed by atoms with Crippen molar-refractivity contribution in [3.8, 4) is 0 Å². The van der Waals surface area contributed by atoms with Crippen molar-refractivity contribution in [1.29, 1.82) is 0 Å². The Labute approximate surface area is 151 Å². The number of benzene rings is 1. The van der Waals surface area contributed by atoms with Crippen LogP contribution in [-0.2, 0) is 14.6 Å². The molecule has 3 rings (SSSR count). The molecule has 10 heteroatoms. The highest BCUT2D eigenvalue weighted by Crippen LogP contribution is 2.22. The van der Waals surface area contributed by atoms with E-state index >= 15 is 0 Å². The third kappa shape index (κ3) is 4.07. The molecule has 1 fully saturated rings. The van der Waals surface area contributed by atoms with Gasteiger partial charge in [0.1, 0.15) is 0 Å². The average Bonchev–Trinajstić information content (AvgIpc) is 3.01. The molecule has 0 saturated carbocycles. The quantitative estimate of drug-likeness (QED) is 0.763. The average molecular weight is 377 g/mol. The molecule has 2 heterocycles. The van der Waals surface area contributed by atoms with Gasteiger partial charge in [0, 0.05) is 18.8 Å². The largest absolute Gasteiger partial charge is 0.465 e. The highest BCUT2D eigenvalue weighted by Gasteiger charge is 2.31. The SMILES string of the molecule is COC(=O)c1ccc(Nc2nncc(N(C)C3CCS(=O)(=O)C3)n2)cc1. The van der Waals surface area contributed by atoms with Gasteiger partial charge in [-0.2, -0.15) is 10.1 Å². The number of nitrogens with one attached hydrogen (secondary N) is 1. The topological polar surface area (TPSA) is 114 Å². The van der Waals surface area contributed by atoms with E-state index in [-0.39, 0.29) is 23.5 Å². The molecule has 138 valence electrons. The number of hydrogen-bond acceptors (Lipinski definition) is 9. The summed E-state index contributed by atoms with van der Waals surface area (Å²) in [4.78, 5) is 17.6. The lowest BCUT2D eigenvalue weighted by Crippen LogP contribution is -2.33. The second-order valence-corrected chi connectivity index (χ2v) is 8.23. The maximum atomic E-state index is 11.7. The molecule has 2 aromatic rings. The van der Waals surface area contributed by atoms with Gasteiger partial charge in [-0.05, 0) is 30.7 Å². The smallest absolute Gasteiger partial charge is 0.337 e. The Bertz CT molecular complexity index is 901. The maximum Gasteiger partial charge on any atom is 0.337 e. The van der Waals surface area contributed by atoms with Gasteiger partial charge < -0.3 is 15.0 Å². The molecule has 9 nitrogen and oxygen atoms in total. The van der Waals surface area contributed by atoms with Crippen molar-refractivity contribution < 1.29 is 17.9 Å². The van der Waals surface area contributed by atoms with Gasteiger partial charge in [0.2, 0.25) is 5.95 Å². The molecule has 1 atom stereocenters. The minimum atomic E-state index is -2.98. The fourth-order valence-electron chi connectivity index (χ4n) is 2.72. The van der Waals surface area contributed by atoms with Crippen molar-refractivity contribution in [3.63, 3.8) is 0 Å². The van der Waals surface area contributed by atoms with Crippen LogP contribution in [0.2, 0.25) is 0 Å². The molecule has 26 heavy (non-hydrogen) atoms. The number of carbonyl (C=O) groups is 1. The number of rotatable bonds is 5. The number of ether oxygens (including phenoxy) is 1. The van der Waals surface area contributed by atoms with Gasteiger partial charge in [-0.25, -0.2) is 13.2 Å². The summed E-state index contributed by atoms with van der Waals surface area (Å²) in [6.45, 7) is 0. The van der Waals surface area contributed by atoms with E-state index in [0.717, 1.165) is 0 Å². The molecule has 1 aromatic heterocycles. The Hall–Kier alpha value is -2.75. The molecule has 1 aliphatic rings. The summed E-state index contributed by atoms with van der Waals surface area (Å²) in [5.41, 5.74) is 1.12. The zero-order valence-corrected chi connectivity index (χ0v) is 15.2. The second kappa shape index (κ2) is 7.24. The Morgan fingerprint density at radius 1 is 1.31 bits per heavy atom. The van der Waals surface area contributed by atoms with Gasteiger partial charge in [0.05, 0.1) is 30.4 Å². The third-order valence-electron chi connectivity index (χ3n) is 4.23. The number of methoxy groups -OCH3 is 1. The third-order valence-corrected chi connectivity index (χ3v) is 5.98. The van der Waals surface area contributed by atoms with E-state index in [1.807, 2.05) is 4.90 Å². The molecule has 0 amide bonds. The van der Waals surface area contributed by atoms with Gasteiger partial charge in [-0.1, -0.05) is 0 Å². The Morgan fingerprint density at radius 2 is 2.04 bits per heavy atom. The van der Waals surface area contributed by atoms with Crippen molar-refractivity contribution >= 4 is 33.3 Å². The Balaban J connectivity index is 1.72. The molecule has 1 aliphatic heterocycles. The van der Waals surface area contributed by atoms with Crippen LogP contribution in [0.1, 0.15) is 16.8 Å². The van der Waals surface area contributed by atoms with Crippen molar-refractivity contribution in [2.24, 2.45) is 0 Å². The van der Waals surface area contributed by atoms with Crippen molar-refractivity contribution in [2.75, 3.05) is 35.9 Å². The monoisotopic (exact) mass is 377 g/mol. The van der Waals surface area contributed by atoms with Crippen LogP contribution >= 0.6 is 0 Å². The van der Waals surface area contributed by atoms with Crippen LogP contribution < -0.4 is 10.2 Å². The lowest BCUT2D eigenvalue weighted by atomic mass is 10.2. The van der Waals surface area contributed by atoms with E-state index in [4.69, 9.17) is 0 Å². The van der Waals surface area contributed by atoms with Crippen LogP contribution in [0.4, 0.5) is 17.5 Å². The fraction of sp³-hybridized carbons (Fsp3) is 0.375. The number of nitrogens with zero attached hydrogens (tertiary/aromatic N) is 4. The van der Waals surface area contributed by atoms with E-state index in [1.54, 1.807) is 31.3 Å². The predicted octanol–water partition coefficient (Wildman–Crippen LogP) is 1.03. The summed E-state index contributed by atoms with van der Waals surface area (Å²) >= 11 is 0. The summed E-state index contributed by atoms with van der Waals surface area (Å²) in [5.74, 6) is 0.713.